The number of hydrogen-bond donors (Lipinski definition) is 1. The zero-order valence-corrected chi connectivity index (χ0v) is 19.0. The minimum Gasteiger partial charge on any atom is -0.302 e. The second-order valence-corrected chi connectivity index (χ2v) is 8.84. The molecule has 0 radical (unpaired) electrons. The van der Waals surface area contributed by atoms with Crippen molar-refractivity contribution in [2.75, 3.05) is 5.32 Å². The molecule has 0 unspecified atom stereocenters. The van der Waals surface area contributed by atoms with Gasteiger partial charge in [0.1, 0.15) is 0 Å². The number of benzene rings is 2. The number of aryl methyl sites for hydroxylation is 3. The van der Waals surface area contributed by atoms with Crippen LogP contribution < -0.4 is 5.32 Å². The van der Waals surface area contributed by atoms with Gasteiger partial charge in [-0.2, -0.15) is 0 Å². The van der Waals surface area contributed by atoms with Gasteiger partial charge in [-0.3, -0.25) is 9.59 Å². The third-order valence-electron chi connectivity index (χ3n) is 4.95. The topological polar surface area (TPSA) is 59.1 Å². The van der Waals surface area contributed by atoms with Gasteiger partial charge in [-0.1, -0.05) is 49.2 Å². The zero-order chi connectivity index (χ0) is 21.7. The molecule has 0 fully saturated rings. The molecule has 1 amide bonds. The van der Waals surface area contributed by atoms with Crippen molar-refractivity contribution in [3.05, 3.63) is 69.1 Å². The Morgan fingerprint density at radius 3 is 2.43 bits per heavy atom. The molecular weight excluding hydrogens is 416 g/mol. The largest absolute Gasteiger partial charge is 0.302 e. The molecule has 0 bridgehead atoms. The molecule has 0 atom stereocenters. The van der Waals surface area contributed by atoms with E-state index in [4.69, 9.17) is 11.6 Å². The molecule has 2 aromatic carbocycles. The second-order valence-electron chi connectivity index (χ2n) is 7.32. The van der Waals surface area contributed by atoms with E-state index >= 15 is 0 Å². The molecule has 0 saturated heterocycles. The summed E-state index contributed by atoms with van der Waals surface area (Å²) in [5, 5.41) is 4.10. The molecule has 6 heteroatoms. The van der Waals surface area contributed by atoms with Crippen LogP contribution in [-0.4, -0.2) is 16.7 Å². The van der Waals surface area contributed by atoms with Crippen molar-refractivity contribution >= 4 is 39.8 Å². The summed E-state index contributed by atoms with van der Waals surface area (Å²) in [5.74, 6) is -0.229. The highest BCUT2D eigenvalue weighted by Gasteiger charge is 2.16. The number of Topliss-reactive ketones (excluding diaryl/α,β-unsaturated/α-hetero) is 1. The summed E-state index contributed by atoms with van der Waals surface area (Å²) in [4.78, 5) is 30.6. The Kier molecular flexibility index (Phi) is 7.40. The van der Waals surface area contributed by atoms with Crippen LogP contribution in [0, 0.1) is 13.8 Å². The molecule has 30 heavy (non-hydrogen) atoms. The smallest absolute Gasteiger partial charge is 0.226 e. The summed E-state index contributed by atoms with van der Waals surface area (Å²) in [7, 11) is 0. The lowest BCUT2D eigenvalue weighted by molar-refractivity contribution is -0.116. The van der Waals surface area contributed by atoms with Gasteiger partial charge in [0.25, 0.3) is 0 Å². The van der Waals surface area contributed by atoms with Crippen LogP contribution in [0.4, 0.5) is 5.13 Å². The minimum absolute atomic E-state index is 0.0269. The van der Waals surface area contributed by atoms with Crippen molar-refractivity contribution in [3.63, 3.8) is 0 Å². The van der Waals surface area contributed by atoms with Crippen LogP contribution in [0.1, 0.15) is 52.5 Å². The second kappa shape index (κ2) is 10.0. The Morgan fingerprint density at radius 2 is 1.77 bits per heavy atom. The lowest BCUT2D eigenvalue weighted by Crippen LogP contribution is -2.13. The maximum Gasteiger partial charge on any atom is 0.226 e. The maximum absolute atomic E-state index is 12.4. The highest BCUT2D eigenvalue weighted by Crippen LogP contribution is 2.33. The van der Waals surface area contributed by atoms with E-state index in [1.807, 2.05) is 56.3 Å². The van der Waals surface area contributed by atoms with Crippen LogP contribution in [0.25, 0.3) is 11.3 Å². The average Bonchev–Trinajstić information content (AvgIpc) is 3.11. The number of anilines is 1. The standard InChI is InChI=1S/C24H25ClN2O2S/c1-4-5-21-23(17-8-10-19(25)11-9-17)27-24(30-21)26-22(29)13-12-20(28)18-7-6-15(2)16(3)14-18/h6-11,14H,4-5,12-13H2,1-3H3,(H,26,27,29). The van der Waals surface area contributed by atoms with Gasteiger partial charge in [-0.15, -0.1) is 11.3 Å². The molecular formula is C24H25ClN2O2S. The van der Waals surface area contributed by atoms with Gasteiger partial charge in [0.05, 0.1) is 5.69 Å². The van der Waals surface area contributed by atoms with E-state index < -0.39 is 0 Å². The number of hydrogen-bond acceptors (Lipinski definition) is 4. The summed E-state index contributed by atoms with van der Waals surface area (Å²) in [5.41, 5.74) is 4.72. The van der Waals surface area contributed by atoms with Gasteiger partial charge in [-0.05, 0) is 49.6 Å². The number of nitrogens with zero attached hydrogens (tertiary/aromatic N) is 1. The normalized spacial score (nSPS) is 10.8. The first-order valence-electron chi connectivity index (χ1n) is 10.0. The molecule has 4 nitrogen and oxygen atoms in total. The number of carbonyl (C=O) groups excluding carboxylic acids is 2. The van der Waals surface area contributed by atoms with Crippen molar-refractivity contribution in [3.8, 4) is 11.3 Å². The highest BCUT2D eigenvalue weighted by molar-refractivity contribution is 7.16. The lowest BCUT2D eigenvalue weighted by Gasteiger charge is -2.05. The maximum atomic E-state index is 12.4. The Bertz CT molecular complexity index is 1060. The van der Waals surface area contributed by atoms with Crippen molar-refractivity contribution in [2.45, 2.75) is 46.5 Å². The van der Waals surface area contributed by atoms with E-state index in [0.717, 1.165) is 40.1 Å². The molecule has 1 heterocycles. The van der Waals surface area contributed by atoms with E-state index in [1.165, 1.54) is 11.3 Å². The van der Waals surface area contributed by atoms with Crippen LogP contribution >= 0.6 is 22.9 Å². The van der Waals surface area contributed by atoms with Crippen LogP contribution in [0.2, 0.25) is 5.02 Å². The van der Waals surface area contributed by atoms with Crippen molar-refractivity contribution in [1.82, 2.24) is 4.98 Å². The van der Waals surface area contributed by atoms with E-state index in [9.17, 15) is 9.59 Å². The van der Waals surface area contributed by atoms with Gasteiger partial charge in [0.2, 0.25) is 5.91 Å². The number of halogens is 1. The van der Waals surface area contributed by atoms with E-state index in [2.05, 4.69) is 17.2 Å². The Hall–Kier alpha value is -2.50. The van der Waals surface area contributed by atoms with Gasteiger partial charge < -0.3 is 5.32 Å². The summed E-state index contributed by atoms with van der Waals surface area (Å²) in [6, 6.07) is 13.2. The molecule has 0 aliphatic carbocycles. The van der Waals surface area contributed by atoms with E-state index in [1.54, 1.807) is 0 Å². The van der Waals surface area contributed by atoms with Crippen molar-refractivity contribution in [1.29, 1.82) is 0 Å². The predicted octanol–water partition coefficient (Wildman–Crippen LogP) is 6.63. The number of rotatable bonds is 8. The zero-order valence-electron chi connectivity index (χ0n) is 17.4. The number of aromatic nitrogens is 1. The number of thiazole rings is 1. The van der Waals surface area contributed by atoms with E-state index in [-0.39, 0.29) is 24.5 Å². The summed E-state index contributed by atoms with van der Waals surface area (Å²) in [6.45, 7) is 6.10. The Balaban J connectivity index is 1.66. The number of carbonyl (C=O) groups is 2. The molecule has 3 aromatic rings. The number of amides is 1. The lowest BCUT2D eigenvalue weighted by atomic mass is 10.0. The Morgan fingerprint density at radius 1 is 1.03 bits per heavy atom. The van der Waals surface area contributed by atoms with Crippen LogP contribution in [0.3, 0.4) is 0 Å². The SMILES string of the molecule is CCCc1sc(NC(=O)CCC(=O)c2ccc(C)c(C)c2)nc1-c1ccc(Cl)cc1. The fraction of sp³-hybridized carbons (Fsp3) is 0.292. The Labute approximate surface area is 186 Å². The predicted molar refractivity (Wildman–Crippen MR) is 125 cm³/mol. The molecule has 0 aliphatic heterocycles. The summed E-state index contributed by atoms with van der Waals surface area (Å²) >= 11 is 7.48. The molecule has 3 rings (SSSR count). The van der Waals surface area contributed by atoms with Crippen LogP contribution in [0.15, 0.2) is 42.5 Å². The molecule has 0 aliphatic rings. The average molecular weight is 441 g/mol. The fourth-order valence-corrected chi connectivity index (χ4v) is 4.33. The molecule has 0 saturated carbocycles. The molecule has 156 valence electrons. The minimum atomic E-state index is -0.202. The number of ketones is 1. The third-order valence-corrected chi connectivity index (χ3v) is 6.23. The van der Waals surface area contributed by atoms with Crippen molar-refractivity contribution in [2.24, 2.45) is 0 Å². The first kappa shape index (κ1) is 22.2. The van der Waals surface area contributed by atoms with E-state index in [0.29, 0.717) is 15.7 Å². The van der Waals surface area contributed by atoms with Crippen LogP contribution in [0.5, 0.6) is 0 Å². The van der Waals surface area contributed by atoms with Gasteiger partial charge in [-0.25, -0.2) is 4.98 Å². The molecule has 0 spiro atoms. The third kappa shape index (κ3) is 5.55. The number of nitrogens with one attached hydrogen (secondary N) is 1. The van der Waals surface area contributed by atoms with Gasteiger partial charge in [0, 0.05) is 33.9 Å². The summed E-state index contributed by atoms with van der Waals surface area (Å²) in [6.07, 6.45) is 2.17. The highest BCUT2D eigenvalue weighted by atomic mass is 35.5. The first-order valence-corrected chi connectivity index (χ1v) is 11.2. The van der Waals surface area contributed by atoms with Crippen molar-refractivity contribution < 1.29 is 9.59 Å². The van der Waals surface area contributed by atoms with Gasteiger partial charge in [0.15, 0.2) is 10.9 Å². The quantitative estimate of drug-likeness (QED) is 0.399. The molecule has 1 N–H and O–H groups in total. The summed E-state index contributed by atoms with van der Waals surface area (Å²) < 4.78 is 0. The monoisotopic (exact) mass is 440 g/mol. The van der Waals surface area contributed by atoms with Gasteiger partial charge >= 0.3 is 0 Å². The first-order chi connectivity index (χ1) is 14.4. The fourth-order valence-electron chi connectivity index (χ4n) is 3.10. The molecule has 1 aromatic heterocycles. The van der Waals surface area contributed by atoms with Crippen LogP contribution in [-0.2, 0) is 11.2 Å².